The first-order chi connectivity index (χ1) is 19.1. The summed E-state index contributed by atoms with van der Waals surface area (Å²) in [5.74, 6) is -0.295. The maximum atomic E-state index is 14.1. The molecule has 0 bridgehead atoms. The van der Waals surface area contributed by atoms with Gasteiger partial charge in [0.2, 0.25) is 11.8 Å². The van der Waals surface area contributed by atoms with Gasteiger partial charge in [-0.2, -0.15) is 0 Å². The summed E-state index contributed by atoms with van der Waals surface area (Å²) in [5.41, 5.74) is 2.39. The van der Waals surface area contributed by atoms with Gasteiger partial charge in [0.25, 0.3) is 10.0 Å². The molecule has 2 amide bonds. The van der Waals surface area contributed by atoms with Crippen molar-refractivity contribution in [1.82, 2.24) is 10.2 Å². The number of anilines is 1. The van der Waals surface area contributed by atoms with Gasteiger partial charge in [0.1, 0.15) is 18.3 Å². The molecule has 0 spiro atoms. The molecule has 0 saturated carbocycles. The molecule has 3 aromatic carbocycles. The van der Waals surface area contributed by atoms with Crippen LogP contribution in [0.25, 0.3) is 0 Å². The van der Waals surface area contributed by atoms with Crippen LogP contribution in [0.5, 0.6) is 5.75 Å². The minimum absolute atomic E-state index is 0.00852. The first-order valence-corrected chi connectivity index (χ1v) is 15.0. The monoisotopic (exact) mass is 599 g/mol. The molecule has 0 fully saturated rings. The summed E-state index contributed by atoms with van der Waals surface area (Å²) in [5, 5.41) is 3.31. The summed E-state index contributed by atoms with van der Waals surface area (Å²) in [6.07, 6.45) is 0. The number of nitrogens with one attached hydrogen (secondary N) is 1. The van der Waals surface area contributed by atoms with E-state index >= 15 is 0 Å². The van der Waals surface area contributed by atoms with Gasteiger partial charge in [0.15, 0.2) is 0 Å². The first-order valence-electron chi connectivity index (χ1n) is 13.2. The summed E-state index contributed by atoms with van der Waals surface area (Å²) < 4.78 is 34.3. The third-order valence-corrected chi connectivity index (χ3v) is 8.65. The molecule has 10 heteroatoms. The summed E-state index contributed by atoms with van der Waals surface area (Å²) >= 11 is 6.02. The lowest BCUT2D eigenvalue weighted by Crippen LogP contribution is -2.54. The Bertz CT molecular complexity index is 1500. The molecule has 0 aromatic heterocycles. The van der Waals surface area contributed by atoms with Gasteiger partial charge < -0.3 is 15.0 Å². The lowest BCUT2D eigenvalue weighted by molar-refractivity contribution is -0.140. The van der Waals surface area contributed by atoms with Gasteiger partial charge in [0.05, 0.1) is 17.7 Å². The molecule has 0 saturated heterocycles. The zero-order valence-electron chi connectivity index (χ0n) is 24.6. The molecule has 0 aliphatic carbocycles. The van der Waals surface area contributed by atoms with Crippen molar-refractivity contribution in [2.75, 3.05) is 18.0 Å². The summed E-state index contributed by atoms with van der Waals surface area (Å²) in [6, 6.07) is 17.3. The minimum Gasteiger partial charge on any atom is -0.497 e. The Balaban J connectivity index is 2.07. The number of rotatable bonds is 10. The Morgan fingerprint density at radius 2 is 1.63 bits per heavy atom. The molecule has 3 aromatic rings. The van der Waals surface area contributed by atoms with Crippen LogP contribution >= 0.6 is 11.6 Å². The van der Waals surface area contributed by atoms with E-state index in [1.165, 1.54) is 29.2 Å². The zero-order chi connectivity index (χ0) is 30.5. The maximum Gasteiger partial charge on any atom is 0.264 e. The Morgan fingerprint density at radius 3 is 2.22 bits per heavy atom. The smallest absolute Gasteiger partial charge is 0.264 e. The van der Waals surface area contributed by atoms with Gasteiger partial charge in [-0.1, -0.05) is 29.8 Å². The number of nitrogens with zero attached hydrogens (tertiary/aromatic N) is 2. The van der Waals surface area contributed by atoms with Crippen molar-refractivity contribution in [2.24, 2.45) is 0 Å². The van der Waals surface area contributed by atoms with Gasteiger partial charge in [-0.15, -0.1) is 0 Å². The quantitative estimate of drug-likeness (QED) is 0.332. The van der Waals surface area contributed by atoms with E-state index in [0.29, 0.717) is 16.5 Å². The molecular weight excluding hydrogens is 562 g/mol. The lowest BCUT2D eigenvalue weighted by Gasteiger charge is -2.33. The van der Waals surface area contributed by atoms with E-state index in [0.717, 1.165) is 21.0 Å². The van der Waals surface area contributed by atoms with E-state index in [9.17, 15) is 18.0 Å². The molecule has 0 heterocycles. The second kappa shape index (κ2) is 13.0. The number of amides is 2. The van der Waals surface area contributed by atoms with Crippen LogP contribution in [0, 0.1) is 13.8 Å². The van der Waals surface area contributed by atoms with E-state index in [-0.39, 0.29) is 17.3 Å². The number of ether oxygens (including phenoxy) is 1. The molecule has 0 aliphatic rings. The summed E-state index contributed by atoms with van der Waals surface area (Å²) in [7, 11) is -2.63. The first kappa shape index (κ1) is 32.0. The number of carbonyl (C=O) groups is 2. The second-order valence-electron chi connectivity index (χ2n) is 11.0. The number of sulfonamides is 1. The summed E-state index contributed by atoms with van der Waals surface area (Å²) in [4.78, 5) is 28.7. The van der Waals surface area contributed by atoms with Crippen molar-refractivity contribution in [3.8, 4) is 5.75 Å². The van der Waals surface area contributed by atoms with Crippen LogP contribution in [0.3, 0.4) is 0 Å². The third kappa shape index (κ3) is 8.24. The van der Waals surface area contributed by atoms with Crippen molar-refractivity contribution in [3.05, 3.63) is 88.4 Å². The topological polar surface area (TPSA) is 96.0 Å². The van der Waals surface area contributed by atoms with Crippen LogP contribution in [0.1, 0.15) is 44.4 Å². The number of aryl methyl sites for hydroxylation is 2. The van der Waals surface area contributed by atoms with E-state index in [4.69, 9.17) is 16.3 Å². The van der Waals surface area contributed by atoms with Crippen molar-refractivity contribution < 1.29 is 22.7 Å². The molecule has 220 valence electrons. The Hall–Kier alpha value is -3.56. The molecule has 0 radical (unpaired) electrons. The molecular formula is C31H38ClN3O5S. The maximum absolute atomic E-state index is 14.1. The number of hydrogen-bond donors (Lipinski definition) is 1. The van der Waals surface area contributed by atoms with Crippen molar-refractivity contribution in [1.29, 1.82) is 0 Å². The van der Waals surface area contributed by atoms with Gasteiger partial charge in [-0.3, -0.25) is 13.9 Å². The van der Waals surface area contributed by atoms with Crippen LogP contribution in [0.4, 0.5) is 5.69 Å². The SMILES string of the molecule is COc1cccc(CN(C(=O)CN(c2ccc(C)c(C)c2)S(=O)(=O)c2ccc(Cl)cc2)[C@@H](C)C(=O)NC(C)(C)C)c1. The van der Waals surface area contributed by atoms with Crippen LogP contribution in [-0.4, -0.2) is 50.4 Å². The zero-order valence-corrected chi connectivity index (χ0v) is 26.1. The highest BCUT2D eigenvalue weighted by Gasteiger charge is 2.33. The van der Waals surface area contributed by atoms with E-state index in [1.807, 2.05) is 46.8 Å². The third-order valence-electron chi connectivity index (χ3n) is 6.61. The number of methoxy groups -OCH3 is 1. The average Bonchev–Trinajstić information content (AvgIpc) is 2.90. The predicted molar refractivity (Wildman–Crippen MR) is 163 cm³/mol. The van der Waals surface area contributed by atoms with Crippen LogP contribution in [-0.2, 0) is 26.2 Å². The van der Waals surface area contributed by atoms with E-state index < -0.39 is 34.1 Å². The minimum atomic E-state index is -4.18. The number of carbonyl (C=O) groups excluding carboxylic acids is 2. The van der Waals surface area contributed by atoms with Crippen molar-refractivity contribution in [2.45, 2.75) is 64.6 Å². The molecule has 41 heavy (non-hydrogen) atoms. The van der Waals surface area contributed by atoms with Gasteiger partial charge >= 0.3 is 0 Å². The van der Waals surface area contributed by atoms with E-state index in [1.54, 1.807) is 44.4 Å². The Labute approximate surface area is 248 Å². The number of hydrogen-bond acceptors (Lipinski definition) is 5. The van der Waals surface area contributed by atoms with Crippen LogP contribution < -0.4 is 14.4 Å². The number of benzene rings is 3. The standard InChI is InChI=1S/C31H38ClN3O5S/c1-21-11-14-26(17-22(21)2)35(41(38,39)28-15-12-25(32)13-16-28)20-29(36)34(23(3)30(37)33-31(4,5)6)19-24-9-8-10-27(18-24)40-7/h8-18,23H,19-20H2,1-7H3,(H,33,37)/t23-/m0/s1. The van der Waals surface area contributed by atoms with E-state index in [2.05, 4.69) is 5.32 Å². The highest BCUT2D eigenvalue weighted by Crippen LogP contribution is 2.27. The fourth-order valence-corrected chi connectivity index (χ4v) is 5.70. The van der Waals surface area contributed by atoms with Crippen molar-refractivity contribution in [3.63, 3.8) is 0 Å². The fourth-order valence-electron chi connectivity index (χ4n) is 4.17. The normalized spacial score (nSPS) is 12.4. The predicted octanol–water partition coefficient (Wildman–Crippen LogP) is 5.49. The molecule has 1 N–H and O–H groups in total. The van der Waals surface area contributed by atoms with Crippen LogP contribution in [0.15, 0.2) is 71.6 Å². The Morgan fingerprint density at radius 1 is 0.976 bits per heavy atom. The van der Waals surface area contributed by atoms with Gasteiger partial charge in [-0.05, 0) is 107 Å². The molecule has 1 atom stereocenters. The molecule has 8 nitrogen and oxygen atoms in total. The molecule has 0 aliphatic heterocycles. The molecule has 3 rings (SSSR count). The second-order valence-corrected chi connectivity index (χ2v) is 13.3. The largest absolute Gasteiger partial charge is 0.497 e. The van der Waals surface area contributed by atoms with Crippen LogP contribution in [0.2, 0.25) is 5.02 Å². The lowest BCUT2D eigenvalue weighted by atomic mass is 10.1. The Kier molecular flexibility index (Phi) is 10.1. The summed E-state index contributed by atoms with van der Waals surface area (Å²) in [6.45, 7) is 10.5. The highest BCUT2D eigenvalue weighted by molar-refractivity contribution is 7.92. The van der Waals surface area contributed by atoms with Crippen molar-refractivity contribution >= 4 is 39.1 Å². The van der Waals surface area contributed by atoms with Gasteiger partial charge in [0, 0.05) is 17.1 Å². The highest BCUT2D eigenvalue weighted by atomic mass is 35.5. The fraction of sp³-hybridized carbons (Fsp3) is 0.355. The van der Waals surface area contributed by atoms with Gasteiger partial charge in [-0.25, -0.2) is 8.42 Å². The average molecular weight is 600 g/mol. The molecule has 0 unspecified atom stereocenters. The number of halogens is 1.